The number of aliphatic hydroxyl groups excluding tert-OH is 1. The Hall–Kier alpha value is -0.720. The third kappa shape index (κ3) is 3.10. The van der Waals surface area contributed by atoms with Crippen LogP contribution in [0, 0.1) is 0 Å². The maximum atomic E-state index is 8.15. The predicted molar refractivity (Wildman–Crippen MR) is 31.2 cm³/mol. The van der Waals surface area contributed by atoms with Crippen molar-refractivity contribution in [1.29, 1.82) is 0 Å². The van der Waals surface area contributed by atoms with Crippen LogP contribution < -0.4 is 0 Å². The van der Waals surface area contributed by atoms with Gasteiger partial charge in [0.2, 0.25) is 0 Å². The van der Waals surface area contributed by atoms with E-state index < -0.39 is 0 Å². The van der Waals surface area contributed by atoms with Crippen molar-refractivity contribution in [2.75, 3.05) is 0 Å². The normalized spacial score (nSPS) is 13.1. The average Bonchev–Trinajstić information content (AvgIpc) is 1.68. The lowest BCUT2D eigenvalue weighted by molar-refractivity contribution is 0.473. The molecular weight excluding hydrogens is 88.1 g/mol. The molecule has 0 saturated heterocycles. The Morgan fingerprint density at radius 3 is 2.29 bits per heavy atom. The minimum atomic E-state index is 1.04. The summed E-state index contributed by atoms with van der Waals surface area (Å²) in [5, 5.41) is 8.15. The van der Waals surface area contributed by atoms with Gasteiger partial charge in [-0.15, -0.1) is 0 Å². The van der Waals surface area contributed by atoms with Crippen molar-refractivity contribution in [3.05, 3.63) is 24.0 Å². The van der Waals surface area contributed by atoms with Gasteiger partial charge >= 0.3 is 0 Å². The number of allylic oxidation sites excluding steroid dienone is 3. The molecule has 0 atom stereocenters. The van der Waals surface area contributed by atoms with Crippen molar-refractivity contribution in [2.24, 2.45) is 0 Å². The summed E-state index contributed by atoms with van der Waals surface area (Å²) >= 11 is 0. The van der Waals surface area contributed by atoms with E-state index in [1.54, 1.807) is 6.08 Å². The molecule has 1 heteroatoms. The van der Waals surface area contributed by atoms with Crippen molar-refractivity contribution in [1.82, 2.24) is 0 Å². The quantitative estimate of drug-likeness (QED) is 0.393. The third-order valence-electron chi connectivity index (χ3n) is 0.793. The van der Waals surface area contributed by atoms with Crippen LogP contribution in [0.25, 0.3) is 0 Å². The van der Waals surface area contributed by atoms with Gasteiger partial charge in [0.05, 0.1) is 6.26 Å². The van der Waals surface area contributed by atoms with E-state index in [4.69, 9.17) is 5.11 Å². The molecular formula is C6H10O. The number of hydrogen-bond donors (Lipinski definition) is 1. The van der Waals surface area contributed by atoms with Crippen LogP contribution in [0.3, 0.4) is 0 Å². The Balaban J connectivity index is 3.58. The molecule has 0 aliphatic heterocycles. The first-order chi connectivity index (χ1) is 3.31. The Kier molecular flexibility index (Phi) is 3.11. The molecule has 40 valence electrons. The molecule has 1 nitrogen and oxygen atoms in total. The fraction of sp³-hybridized carbons (Fsp3) is 0.333. The maximum Gasteiger partial charge on any atom is 0.0794 e. The van der Waals surface area contributed by atoms with E-state index >= 15 is 0 Å². The summed E-state index contributed by atoms with van der Waals surface area (Å²) in [4.78, 5) is 0. The van der Waals surface area contributed by atoms with Gasteiger partial charge in [0.15, 0.2) is 0 Å². The lowest BCUT2D eigenvalue weighted by Crippen LogP contribution is -1.61. The van der Waals surface area contributed by atoms with Crippen LogP contribution in [0.5, 0.6) is 0 Å². The van der Waals surface area contributed by atoms with Gasteiger partial charge in [-0.1, -0.05) is 11.6 Å². The summed E-state index contributed by atoms with van der Waals surface area (Å²) in [6.45, 7) is 3.85. The van der Waals surface area contributed by atoms with Gasteiger partial charge in [-0.25, -0.2) is 0 Å². The van der Waals surface area contributed by atoms with Crippen LogP contribution in [0.1, 0.15) is 13.8 Å². The minimum Gasteiger partial charge on any atom is -0.516 e. The number of hydrogen-bond acceptors (Lipinski definition) is 1. The number of rotatable bonds is 1. The molecule has 0 aliphatic carbocycles. The highest BCUT2D eigenvalue weighted by Gasteiger charge is 1.71. The lowest BCUT2D eigenvalue weighted by atomic mass is 10.3. The zero-order chi connectivity index (χ0) is 5.70. The summed E-state index contributed by atoms with van der Waals surface area (Å²) in [6, 6.07) is 0. The molecule has 1 N–H and O–H groups in total. The zero-order valence-electron chi connectivity index (χ0n) is 4.68. The molecule has 0 aromatic heterocycles. The summed E-state index contributed by atoms with van der Waals surface area (Å²) in [6.07, 6.45) is 4.60. The first kappa shape index (κ1) is 6.28. The smallest absolute Gasteiger partial charge is 0.0794 e. The van der Waals surface area contributed by atoms with Gasteiger partial charge in [-0.2, -0.15) is 0 Å². The van der Waals surface area contributed by atoms with Gasteiger partial charge in [-0.05, 0) is 19.9 Å². The van der Waals surface area contributed by atoms with Crippen LogP contribution in [-0.2, 0) is 0 Å². The molecule has 0 aromatic rings. The SMILES string of the molecule is C/C=C(C)/C=C/O. The van der Waals surface area contributed by atoms with Gasteiger partial charge in [0.1, 0.15) is 0 Å². The van der Waals surface area contributed by atoms with Crippen LogP contribution in [0.2, 0.25) is 0 Å². The second kappa shape index (κ2) is 3.47. The van der Waals surface area contributed by atoms with Crippen LogP contribution >= 0.6 is 0 Å². The summed E-state index contributed by atoms with van der Waals surface area (Å²) in [5.41, 5.74) is 1.07. The van der Waals surface area contributed by atoms with E-state index in [9.17, 15) is 0 Å². The minimum absolute atomic E-state index is 1.04. The van der Waals surface area contributed by atoms with E-state index in [-0.39, 0.29) is 0 Å². The topological polar surface area (TPSA) is 20.2 Å². The highest BCUT2D eigenvalue weighted by Crippen LogP contribution is 1.90. The Labute approximate surface area is 44.0 Å². The molecule has 0 unspecified atom stereocenters. The zero-order valence-corrected chi connectivity index (χ0v) is 4.68. The lowest BCUT2D eigenvalue weighted by Gasteiger charge is -1.80. The molecule has 0 aliphatic rings. The monoisotopic (exact) mass is 98.1 g/mol. The molecule has 0 aromatic carbocycles. The van der Waals surface area contributed by atoms with Gasteiger partial charge < -0.3 is 5.11 Å². The number of aliphatic hydroxyl groups is 1. The first-order valence-corrected chi connectivity index (χ1v) is 2.25. The highest BCUT2D eigenvalue weighted by atomic mass is 16.2. The van der Waals surface area contributed by atoms with Gasteiger partial charge in [-0.3, -0.25) is 0 Å². The fourth-order valence-corrected chi connectivity index (χ4v) is 0.214. The molecule has 0 radical (unpaired) electrons. The largest absolute Gasteiger partial charge is 0.516 e. The summed E-state index contributed by atoms with van der Waals surface area (Å²) < 4.78 is 0. The van der Waals surface area contributed by atoms with E-state index in [1.807, 2.05) is 19.9 Å². The van der Waals surface area contributed by atoms with Crippen molar-refractivity contribution in [3.8, 4) is 0 Å². The molecule has 7 heavy (non-hydrogen) atoms. The van der Waals surface area contributed by atoms with E-state index in [2.05, 4.69) is 0 Å². The first-order valence-electron chi connectivity index (χ1n) is 2.25. The molecule has 0 amide bonds. The standard InChI is InChI=1S/C6H10O/c1-3-6(2)4-5-7/h3-5,7H,1-2H3/b5-4+,6-3+. The van der Waals surface area contributed by atoms with E-state index in [1.165, 1.54) is 0 Å². The van der Waals surface area contributed by atoms with Crippen LogP contribution in [-0.4, -0.2) is 5.11 Å². The van der Waals surface area contributed by atoms with Crippen molar-refractivity contribution >= 4 is 0 Å². The second-order valence-corrected chi connectivity index (χ2v) is 1.35. The van der Waals surface area contributed by atoms with Crippen LogP contribution in [0.4, 0.5) is 0 Å². The van der Waals surface area contributed by atoms with Crippen molar-refractivity contribution in [3.63, 3.8) is 0 Å². The van der Waals surface area contributed by atoms with Crippen LogP contribution in [0.15, 0.2) is 24.0 Å². The Bertz CT molecular complexity index is 90.4. The molecule has 0 heterocycles. The predicted octanol–water partition coefficient (Wildman–Crippen LogP) is 2.02. The third-order valence-corrected chi connectivity index (χ3v) is 0.793. The summed E-state index contributed by atoms with van der Waals surface area (Å²) in [7, 11) is 0. The Morgan fingerprint density at radius 1 is 1.57 bits per heavy atom. The molecule has 0 spiro atoms. The van der Waals surface area contributed by atoms with Gasteiger partial charge in [0.25, 0.3) is 0 Å². The van der Waals surface area contributed by atoms with E-state index in [0.717, 1.165) is 11.8 Å². The molecule has 0 fully saturated rings. The van der Waals surface area contributed by atoms with Crippen molar-refractivity contribution in [2.45, 2.75) is 13.8 Å². The van der Waals surface area contributed by atoms with Crippen molar-refractivity contribution < 1.29 is 5.11 Å². The van der Waals surface area contributed by atoms with Gasteiger partial charge in [0, 0.05) is 0 Å². The van der Waals surface area contributed by atoms with E-state index in [0.29, 0.717) is 0 Å². The highest BCUT2D eigenvalue weighted by molar-refractivity contribution is 5.12. The fourth-order valence-electron chi connectivity index (χ4n) is 0.214. The maximum absolute atomic E-state index is 8.15. The molecule has 0 bridgehead atoms. The average molecular weight is 98.1 g/mol. The Morgan fingerprint density at radius 2 is 2.14 bits per heavy atom. The second-order valence-electron chi connectivity index (χ2n) is 1.35. The molecule has 0 rings (SSSR count). The molecule has 0 saturated carbocycles. The summed E-state index contributed by atoms with van der Waals surface area (Å²) in [5.74, 6) is 0.